The summed E-state index contributed by atoms with van der Waals surface area (Å²) in [6.45, 7) is 5.95. The van der Waals surface area contributed by atoms with Gasteiger partial charge in [0.1, 0.15) is 12.1 Å². The molecule has 1 aromatic heterocycles. The van der Waals surface area contributed by atoms with Gasteiger partial charge in [0.15, 0.2) is 5.82 Å². The predicted molar refractivity (Wildman–Crippen MR) is 60.5 cm³/mol. The van der Waals surface area contributed by atoms with E-state index in [1.54, 1.807) is 6.33 Å². The molecule has 0 aliphatic carbocycles. The van der Waals surface area contributed by atoms with E-state index in [0.29, 0.717) is 5.82 Å². The molecule has 1 aromatic carbocycles. The normalized spacial score (nSPS) is 11.1. The van der Waals surface area contributed by atoms with E-state index in [9.17, 15) is 4.39 Å². The molecule has 0 saturated carbocycles. The van der Waals surface area contributed by atoms with Crippen molar-refractivity contribution < 1.29 is 4.39 Å². The second-order valence-corrected chi connectivity index (χ2v) is 4.17. The van der Waals surface area contributed by atoms with Gasteiger partial charge in [0.05, 0.1) is 0 Å². The summed E-state index contributed by atoms with van der Waals surface area (Å²) in [7, 11) is 0. The van der Waals surface area contributed by atoms with E-state index in [0.717, 1.165) is 11.1 Å². The molecule has 16 heavy (non-hydrogen) atoms. The number of benzene rings is 1. The number of rotatable bonds is 2. The van der Waals surface area contributed by atoms with Gasteiger partial charge >= 0.3 is 0 Å². The fourth-order valence-corrected chi connectivity index (χ4v) is 1.69. The molecule has 0 fully saturated rings. The van der Waals surface area contributed by atoms with Crippen LogP contribution < -0.4 is 0 Å². The lowest BCUT2D eigenvalue weighted by Crippen LogP contribution is -2.02. The van der Waals surface area contributed by atoms with Crippen LogP contribution >= 0.6 is 0 Å². The Bertz CT molecular complexity index is 482. The van der Waals surface area contributed by atoms with Crippen LogP contribution in [-0.4, -0.2) is 14.8 Å². The van der Waals surface area contributed by atoms with Gasteiger partial charge in [0.25, 0.3) is 0 Å². The Labute approximate surface area is 93.9 Å². The first-order chi connectivity index (χ1) is 7.58. The molecule has 0 spiro atoms. The fraction of sp³-hybridized carbons (Fsp3) is 0.333. The Hall–Kier alpha value is -1.71. The maximum absolute atomic E-state index is 13.3. The van der Waals surface area contributed by atoms with E-state index in [2.05, 4.69) is 10.2 Å². The molecule has 0 aliphatic heterocycles. The molecule has 1 heterocycles. The van der Waals surface area contributed by atoms with Crippen LogP contribution in [-0.2, 0) is 0 Å². The summed E-state index contributed by atoms with van der Waals surface area (Å²) in [5, 5.41) is 7.91. The maximum atomic E-state index is 13.3. The van der Waals surface area contributed by atoms with Crippen molar-refractivity contribution in [3.05, 3.63) is 35.9 Å². The summed E-state index contributed by atoms with van der Waals surface area (Å²) in [4.78, 5) is 0. The van der Waals surface area contributed by atoms with Gasteiger partial charge in [-0.3, -0.25) is 0 Å². The van der Waals surface area contributed by atoms with Gasteiger partial charge in [0, 0.05) is 11.6 Å². The van der Waals surface area contributed by atoms with Gasteiger partial charge < -0.3 is 4.57 Å². The zero-order valence-electron chi connectivity index (χ0n) is 9.61. The van der Waals surface area contributed by atoms with Gasteiger partial charge in [-0.2, -0.15) is 0 Å². The highest BCUT2D eigenvalue weighted by atomic mass is 19.1. The van der Waals surface area contributed by atoms with E-state index < -0.39 is 0 Å². The number of aryl methyl sites for hydroxylation is 1. The first-order valence-electron chi connectivity index (χ1n) is 5.25. The van der Waals surface area contributed by atoms with Crippen molar-refractivity contribution in [2.45, 2.75) is 26.8 Å². The molecule has 2 aromatic rings. The third-order valence-corrected chi connectivity index (χ3v) is 2.43. The molecular formula is C12H14FN3. The quantitative estimate of drug-likeness (QED) is 0.777. The number of hydrogen-bond acceptors (Lipinski definition) is 2. The molecule has 4 heteroatoms. The van der Waals surface area contributed by atoms with Crippen LogP contribution in [0.4, 0.5) is 4.39 Å². The molecule has 0 radical (unpaired) electrons. The molecule has 3 nitrogen and oxygen atoms in total. The highest BCUT2D eigenvalue weighted by Gasteiger charge is 2.10. The average Bonchev–Trinajstić information content (AvgIpc) is 2.63. The molecule has 0 N–H and O–H groups in total. The van der Waals surface area contributed by atoms with Crippen molar-refractivity contribution in [2.75, 3.05) is 0 Å². The maximum Gasteiger partial charge on any atom is 0.164 e. The molecule has 0 atom stereocenters. The Kier molecular flexibility index (Phi) is 2.73. The molecule has 0 unspecified atom stereocenters. The van der Waals surface area contributed by atoms with Crippen LogP contribution in [0.15, 0.2) is 24.5 Å². The number of halogens is 1. The highest BCUT2D eigenvalue weighted by Crippen LogP contribution is 2.22. The van der Waals surface area contributed by atoms with Crippen molar-refractivity contribution in [1.29, 1.82) is 0 Å². The molecule has 0 aliphatic rings. The van der Waals surface area contributed by atoms with E-state index in [1.165, 1.54) is 12.1 Å². The minimum absolute atomic E-state index is 0.242. The summed E-state index contributed by atoms with van der Waals surface area (Å²) in [5.74, 6) is 0.464. The van der Waals surface area contributed by atoms with Crippen molar-refractivity contribution in [3.63, 3.8) is 0 Å². The molecule has 84 valence electrons. The smallest absolute Gasteiger partial charge is 0.164 e. The van der Waals surface area contributed by atoms with E-state index >= 15 is 0 Å². The summed E-state index contributed by atoms with van der Waals surface area (Å²) in [5.41, 5.74) is 1.65. The topological polar surface area (TPSA) is 30.7 Å². The van der Waals surface area contributed by atoms with Crippen LogP contribution in [0.5, 0.6) is 0 Å². The first-order valence-corrected chi connectivity index (χ1v) is 5.25. The fourth-order valence-electron chi connectivity index (χ4n) is 1.69. The minimum Gasteiger partial charge on any atom is -0.311 e. The zero-order chi connectivity index (χ0) is 11.7. The minimum atomic E-state index is -0.242. The zero-order valence-corrected chi connectivity index (χ0v) is 9.61. The van der Waals surface area contributed by atoms with Crippen molar-refractivity contribution >= 4 is 0 Å². The van der Waals surface area contributed by atoms with Crippen LogP contribution in [0, 0.1) is 12.7 Å². The van der Waals surface area contributed by atoms with Crippen LogP contribution in [0.1, 0.15) is 25.5 Å². The molecule has 0 saturated heterocycles. The summed E-state index contributed by atoms with van der Waals surface area (Å²) in [6.07, 6.45) is 1.67. The largest absolute Gasteiger partial charge is 0.311 e. The van der Waals surface area contributed by atoms with Gasteiger partial charge in [0.2, 0.25) is 0 Å². The highest BCUT2D eigenvalue weighted by molar-refractivity contribution is 5.56. The molecular weight excluding hydrogens is 205 g/mol. The number of nitrogens with zero attached hydrogens (tertiary/aromatic N) is 3. The Balaban J connectivity index is 2.54. The van der Waals surface area contributed by atoms with Crippen LogP contribution in [0.25, 0.3) is 11.4 Å². The summed E-state index contributed by atoms with van der Waals surface area (Å²) < 4.78 is 15.2. The predicted octanol–water partition coefficient (Wildman–Crippen LogP) is 2.97. The third kappa shape index (κ3) is 1.96. The summed E-state index contributed by atoms with van der Waals surface area (Å²) >= 11 is 0. The standard InChI is InChI=1S/C12H14FN3/c1-8(2)16-7-14-15-12(16)10-4-9(3)5-11(13)6-10/h4-8H,1-3H3. The van der Waals surface area contributed by atoms with Gasteiger partial charge in [-0.1, -0.05) is 0 Å². The lowest BCUT2D eigenvalue weighted by molar-refractivity contribution is 0.602. The first kappa shape index (κ1) is 10.8. The molecule has 0 amide bonds. The lowest BCUT2D eigenvalue weighted by atomic mass is 10.1. The summed E-state index contributed by atoms with van der Waals surface area (Å²) in [6, 6.07) is 5.15. The number of aromatic nitrogens is 3. The second kappa shape index (κ2) is 4.04. The van der Waals surface area contributed by atoms with Gasteiger partial charge in [-0.15, -0.1) is 10.2 Å². The van der Waals surface area contributed by atoms with E-state index in [-0.39, 0.29) is 11.9 Å². The van der Waals surface area contributed by atoms with E-state index in [4.69, 9.17) is 0 Å². The Morgan fingerprint density at radius 2 is 2.00 bits per heavy atom. The van der Waals surface area contributed by atoms with Crippen molar-refractivity contribution in [2.24, 2.45) is 0 Å². The lowest BCUT2D eigenvalue weighted by Gasteiger charge is -2.10. The monoisotopic (exact) mass is 219 g/mol. The van der Waals surface area contributed by atoms with Gasteiger partial charge in [-0.05, 0) is 44.5 Å². The van der Waals surface area contributed by atoms with Crippen molar-refractivity contribution in [1.82, 2.24) is 14.8 Å². The Morgan fingerprint density at radius 3 is 2.62 bits per heavy atom. The second-order valence-electron chi connectivity index (χ2n) is 4.17. The SMILES string of the molecule is Cc1cc(F)cc(-c2nncn2C(C)C)c1. The molecule has 2 rings (SSSR count). The number of hydrogen-bond donors (Lipinski definition) is 0. The van der Waals surface area contributed by atoms with Crippen molar-refractivity contribution in [3.8, 4) is 11.4 Å². The Morgan fingerprint density at radius 1 is 1.25 bits per heavy atom. The van der Waals surface area contributed by atoms with Crippen LogP contribution in [0.3, 0.4) is 0 Å². The third-order valence-electron chi connectivity index (χ3n) is 2.43. The van der Waals surface area contributed by atoms with Crippen LogP contribution in [0.2, 0.25) is 0 Å². The van der Waals surface area contributed by atoms with E-state index in [1.807, 2.05) is 31.4 Å². The van der Waals surface area contributed by atoms with Gasteiger partial charge in [-0.25, -0.2) is 4.39 Å². The average molecular weight is 219 g/mol. The molecule has 0 bridgehead atoms.